The number of aliphatic hydroxyl groups is 1. The number of oxazole rings is 1. The molecule has 0 radical (unpaired) electrons. The predicted octanol–water partition coefficient (Wildman–Crippen LogP) is 1.30. The topological polar surface area (TPSA) is 101 Å². The Bertz CT molecular complexity index is 612. The van der Waals surface area contributed by atoms with E-state index in [9.17, 15) is 9.18 Å². The van der Waals surface area contributed by atoms with Crippen molar-refractivity contribution in [3.05, 3.63) is 53.5 Å². The molecule has 2 aromatic rings. The number of rotatable bonds is 5. The highest BCUT2D eigenvalue weighted by molar-refractivity contribution is 5.92. The SMILES string of the molecule is CC(NC(=O)c1coc(C(N)CO)n1)c1ccc(F)cc1. The largest absolute Gasteiger partial charge is 0.446 e. The van der Waals surface area contributed by atoms with E-state index in [1.54, 1.807) is 19.1 Å². The number of halogens is 1. The van der Waals surface area contributed by atoms with E-state index in [-0.39, 0.29) is 30.1 Å². The van der Waals surface area contributed by atoms with E-state index in [0.29, 0.717) is 0 Å². The number of nitrogens with one attached hydrogen (secondary N) is 1. The Balaban J connectivity index is 2.03. The molecule has 0 aliphatic heterocycles. The van der Waals surface area contributed by atoms with Crippen LogP contribution in [0.25, 0.3) is 0 Å². The van der Waals surface area contributed by atoms with Crippen LogP contribution in [0.5, 0.6) is 0 Å². The van der Waals surface area contributed by atoms with Gasteiger partial charge in [0.15, 0.2) is 5.69 Å². The van der Waals surface area contributed by atoms with Crippen molar-refractivity contribution in [1.82, 2.24) is 10.3 Å². The zero-order chi connectivity index (χ0) is 15.4. The summed E-state index contributed by atoms with van der Waals surface area (Å²) >= 11 is 0. The van der Waals surface area contributed by atoms with Crippen LogP contribution in [0.3, 0.4) is 0 Å². The number of nitrogens with two attached hydrogens (primary N) is 1. The van der Waals surface area contributed by atoms with Crippen molar-refractivity contribution in [2.45, 2.75) is 19.0 Å². The third-order valence-electron chi connectivity index (χ3n) is 2.99. The van der Waals surface area contributed by atoms with Crippen LogP contribution in [0.15, 0.2) is 34.9 Å². The van der Waals surface area contributed by atoms with Gasteiger partial charge in [-0.25, -0.2) is 9.37 Å². The Morgan fingerprint density at radius 1 is 1.48 bits per heavy atom. The van der Waals surface area contributed by atoms with Crippen LogP contribution in [0.2, 0.25) is 0 Å². The molecule has 112 valence electrons. The fraction of sp³-hybridized carbons (Fsp3) is 0.286. The summed E-state index contributed by atoms with van der Waals surface area (Å²) in [5.41, 5.74) is 6.38. The number of hydrogen-bond donors (Lipinski definition) is 3. The minimum absolute atomic E-state index is 0.0721. The van der Waals surface area contributed by atoms with Gasteiger partial charge in [0.25, 0.3) is 5.91 Å². The molecule has 0 spiro atoms. The van der Waals surface area contributed by atoms with Crippen LogP contribution >= 0.6 is 0 Å². The van der Waals surface area contributed by atoms with Crippen LogP contribution in [0.1, 0.15) is 41.0 Å². The maximum Gasteiger partial charge on any atom is 0.273 e. The van der Waals surface area contributed by atoms with Crippen molar-refractivity contribution in [2.24, 2.45) is 5.73 Å². The van der Waals surface area contributed by atoms with E-state index in [1.165, 1.54) is 18.4 Å². The third-order valence-corrected chi connectivity index (χ3v) is 2.99. The van der Waals surface area contributed by atoms with Crippen molar-refractivity contribution in [1.29, 1.82) is 0 Å². The zero-order valence-electron chi connectivity index (χ0n) is 11.4. The third kappa shape index (κ3) is 3.65. The summed E-state index contributed by atoms with van der Waals surface area (Å²) in [4.78, 5) is 15.9. The Hall–Kier alpha value is -2.25. The first kappa shape index (κ1) is 15.1. The van der Waals surface area contributed by atoms with E-state index in [4.69, 9.17) is 15.3 Å². The first-order valence-corrected chi connectivity index (χ1v) is 6.39. The average Bonchev–Trinajstić information content (AvgIpc) is 2.97. The van der Waals surface area contributed by atoms with Crippen LogP contribution in [-0.2, 0) is 0 Å². The highest BCUT2D eigenvalue weighted by atomic mass is 19.1. The van der Waals surface area contributed by atoms with E-state index in [0.717, 1.165) is 5.56 Å². The molecule has 4 N–H and O–H groups in total. The van der Waals surface area contributed by atoms with Crippen molar-refractivity contribution in [2.75, 3.05) is 6.61 Å². The summed E-state index contributed by atoms with van der Waals surface area (Å²) in [7, 11) is 0. The smallest absolute Gasteiger partial charge is 0.273 e. The number of aromatic nitrogens is 1. The number of hydrogen-bond acceptors (Lipinski definition) is 5. The molecular weight excluding hydrogens is 277 g/mol. The second-order valence-electron chi connectivity index (χ2n) is 4.61. The monoisotopic (exact) mass is 293 g/mol. The molecule has 1 aromatic carbocycles. The van der Waals surface area contributed by atoms with Gasteiger partial charge in [-0.3, -0.25) is 4.79 Å². The quantitative estimate of drug-likeness (QED) is 0.771. The van der Waals surface area contributed by atoms with Gasteiger partial charge in [-0.1, -0.05) is 12.1 Å². The van der Waals surface area contributed by atoms with Crippen molar-refractivity contribution >= 4 is 5.91 Å². The second kappa shape index (κ2) is 6.47. The molecule has 1 aromatic heterocycles. The molecule has 0 fully saturated rings. The Morgan fingerprint density at radius 3 is 2.76 bits per heavy atom. The fourth-order valence-corrected chi connectivity index (χ4v) is 1.75. The lowest BCUT2D eigenvalue weighted by Gasteiger charge is -2.13. The minimum Gasteiger partial charge on any atom is -0.446 e. The number of benzene rings is 1. The molecule has 1 amide bonds. The van der Waals surface area contributed by atoms with Gasteiger partial charge in [0.1, 0.15) is 18.1 Å². The van der Waals surface area contributed by atoms with Crippen molar-refractivity contribution in [3.63, 3.8) is 0 Å². The first-order valence-electron chi connectivity index (χ1n) is 6.39. The molecule has 0 aliphatic rings. The van der Waals surface area contributed by atoms with Gasteiger partial charge in [0.2, 0.25) is 5.89 Å². The maximum atomic E-state index is 12.8. The lowest BCUT2D eigenvalue weighted by Crippen LogP contribution is -2.27. The van der Waals surface area contributed by atoms with E-state index < -0.39 is 11.9 Å². The molecular formula is C14H16FN3O3. The van der Waals surface area contributed by atoms with Crippen molar-refractivity contribution in [3.8, 4) is 0 Å². The van der Waals surface area contributed by atoms with Gasteiger partial charge in [-0.05, 0) is 24.6 Å². The normalized spacial score (nSPS) is 13.7. The maximum absolute atomic E-state index is 12.8. The fourth-order valence-electron chi connectivity index (χ4n) is 1.75. The number of amides is 1. The van der Waals surface area contributed by atoms with E-state index in [2.05, 4.69) is 10.3 Å². The summed E-state index contributed by atoms with van der Waals surface area (Å²) in [5.74, 6) is -0.680. The molecule has 1 heterocycles. The minimum atomic E-state index is -0.763. The van der Waals surface area contributed by atoms with Crippen LogP contribution in [0, 0.1) is 5.82 Å². The predicted molar refractivity (Wildman–Crippen MR) is 72.8 cm³/mol. The van der Waals surface area contributed by atoms with Gasteiger partial charge in [-0.15, -0.1) is 0 Å². The number of nitrogens with zero attached hydrogens (tertiary/aromatic N) is 1. The first-order chi connectivity index (χ1) is 10.0. The number of carbonyl (C=O) groups excluding carboxylic acids is 1. The molecule has 0 bridgehead atoms. The summed E-state index contributed by atoms with van der Waals surface area (Å²) in [5, 5.41) is 11.6. The lowest BCUT2D eigenvalue weighted by molar-refractivity contribution is 0.0934. The van der Waals surface area contributed by atoms with Crippen LogP contribution in [0.4, 0.5) is 4.39 Å². The summed E-state index contributed by atoms with van der Waals surface area (Å²) < 4.78 is 17.9. The van der Waals surface area contributed by atoms with Gasteiger partial charge < -0.3 is 20.6 Å². The molecule has 0 aliphatic carbocycles. The standard InChI is InChI=1S/C14H16FN3O3/c1-8(9-2-4-10(15)5-3-9)17-13(20)12-7-21-14(18-12)11(16)6-19/h2-5,7-8,11,19H,6,16H2,1H3,(H,17,20). The van der Waals surface area contributed by atoms with Crippen LogP contribution in [-0.4, -0.2) is 22.6 Å². The molecule has 0 saturated heterocycles. The summed E-state index contributed by atoms with van der Waals surface area (Å²) in [6.07, 6.45) is 1.18. The Morgan fingerprint density at radius 2 is 2.14 bits per heavy atom. The second-order valence-corrected chi connectivity index (χ2v) is 4.61. The van der Waals surface area contributed by atoms with Gasteiger partial charge >= 0.3 is 0 Å². The van der Waals surface area contributed by atoms with Gasteiger partial charge in [0.05, 0.1) is 12.6 Å². The van der Waals surface area contributed by atoms with Crippen LogP contribution < -0.4 is 11.1 Å². The molecule has 2 atom stereocenters. The highest BCUT2D eigenvalue weighted by Crippen LogP contribution is 2.14. The molecule has 0 saturated carbocycles. The summed E-state index contributed by atoms with van der Waals surface area (Å²) in [6, 6.07) is 4.76. The highest BCUT2D eigenvalue weighted by Gasteiger charge is 2.18. The average molecular weight is 293 g/mol. The Kier molecular flexibility index (Phi) is 4.66. The number of carbonyl (C=O) groups is 1. The molecule has 2 rings (SSSR count). The molecule has 21 heavy (non-hydrogen) atoms. The van der Waals surface area contributed by atoms with E-state index in [1.807, 2.05) is 0 Å². The summed E-state index contributed by atoms with van der Waals surface area (Å²) in [6.45, 7) is 1.44. The lowest BCUT2D eigenvalue weighted by atomic mass is 10.1. The van der Waals surface area contributed by atoms with Gasteiger partial charge in [-0.2, -0.15) is 0 Å². The molecule has 2 unspecified atom stereocenters. The zero-order valence-corrected chi connectivity index (χ0v) is 11.4. The molecule has 7 heteroatoms. The van der Waals surface area contributed by atoms with E-state index >= 15 is 0 Å². The number of aliphatic hydroxyl groups excluding tert-OH is 1. The Labute approximate surface area is 120 Å². The van der Waals surface area contributed by atoms with Gasteiger partial charge in [0, 0.05) is 0 Å². The molecule has 6 nitrogen and oxygen atoms in total. The van der Waals surface area contributed by atoms with Crippen molar-refractivity contribution < 1.29 is 18.7 Å².